The van der Waals surface area contributed by atoms with Gasteiger partial charge in [-0.25, -0.2) is 15.0 Å². The minimum absolute atomic E-state index is 0. The Morgan fingerprint density at radius 1 is 1.12 bits per heavy atom. The van der Waals surface area contributed by atoms with Gasteiger partial charge in [-0.3, -0.25) is 0 Å². The van der Waals surface area contributed by atoms with E-state index in [1.807, 2.05) is 6.33 Å². The van der Waals surface area contributed by atoms with Crippen LogP contribution in [0.1, 0.15) is 31.7 Å². The van der Waals surface area contributed by atoms with E-state index in [0.29, 0.717) is 6.04 Å². The average molecular weight is 261 g/mol. The van der Waals surface area contributed by atoms with Crippen molar-refractivity contribution in [2.24, 2.45) is 0 Å². The van der Waals surface area contributed by atoms with Crippen LogP contribution >= 0.6 is 24.8 Å². The van der Waals surface area contributed by atoms with Crippen molar-refractivity contribution in [3.63, 3.8) is 0 Å². The zero-order chi connectivity index (χ0) is 9.38. The van der Waals surface area contributed by atoms with Crippen LogP contribution in [0.25, 0.3) is 11.2 Å². The summed E-state index contributed by atoms with van der Waals surface area (Å²) in [5.41, 5.74) is 1.88. The standard InChI is InChI=1S/C10H12N4.2ClH/c1-2-4-8(3-1)14-7-13-9-5-11-6-12-10(9)14;;/h5-8H,1-4H2;2*1H. The van der Waals surface area contributed by atoms with Crippen LogP contribution in [0.15, 0.2) is 18.9 Å². The van der Waals surface area contributed by atoms with Gasteiger partial charge in [-0.1, -0.05) is 12.8 Å². The average Bonchev–Trinajstić information content (AvgIpc) is 2.85. The van der Waals surface area contributed by atoms with Crippen molar-refractivity contribution in [2.75, 3.05) is 0 Å². The third-order valence-electron chi connectivity index (χ3n) is 2.96. The lowest BCUT2D eigenvalue weighted by Gasteiger charge is -2.10. The summed E-state index contributed by atoms with van der Waals surface area (Å²) >= 11 is 0. The Kier molecular flexibility index (Phi) is 4.50. The summed E-state index contributed by atoms with van der Waals surface area (Å²) < 4.78 is 2.20. The number of halogens is 2. The summed E-state index contributed by atoms with van der Waals surface area (Å²) in [7, 11) is 0. The molecule has 0 N–H and O–H groups in total. The Bertz CT molecular complexity index is 451. The molecule has 0 bridgehead atoms. The van der Waals surface area contributed by atoms with Gasteiger partial charge in [-0.05, 0) is 12.8 Å². The normalized spacial score (nSPS) is 15.8. The Hall–Kier alpha value is -0.870. The van der Waals surface area contributed by atoms with E-state index in [2.05, 4.69) is 19.5 Å². The van der Waals surface area contributed by atoms with Crippen molar-refractivity contribution in [3.05, 3.63) is 18.9 Å². The lowest BCUT2D eigenvalue weighted by Crippen LogP contribution is -2.03. The molecule has 0 aromatic carbocycles. The highest BCUT2D eigenvalue weighted by molar-refractivity contribution is 5.85. The van der Waals surface area contributed by atoms with Crippen LogP contribution in [-0.2, 0) is 0 Å². The monoisotopic (exact) mass is 260 g/mol. The summed E-state index contributed by atoms with van der Waals surface area (Å²) in [6, 6.07) is 0.606. The van der Waals surface area contributed by atoms with Gasteiger partial charge in [0, 0.05) is 6.04 Å². The zero-order valence-corrected chi connectivity index (χ0v) is 10.4. The lowest BCUT2D eigenvalue weighted by atomic mass is 10.2. The second-order valence-corrected chi connectivity index (χ2v) is 3.82. The molecule has 1 saturated carbocycles. The first-order valence-corrected chi connectivity index (χ1v) is 5.08. The molecular formula is C10H14Cl2N4. The minimum atomic E-state index is 0. The number of rotatable bonds is 1. The van der Waals surface area contributed by atoms with Crippen LogP contribution in [0.3, 0.4) is 0 Å². The number of hydrogen-bond acceptors (Lipinski definition) is 3. The molecule has 0 amide bonds. The van der Waals surface area contributed by atoms with E-state index < -0.39 is 0 Å². The first-order valence-electron chi connectivity index (χ1n) is 5.08. The third-order valence-corrected chi connectivity index (χ3v) is 2.96. The molecule has 0 spiro atoms. The van der Waals surface area contributed by atoms with Crippen LogP contribution in [-0.4, -0.2) is 19.5 Å². The summed E-state index contributed by atoms with van der Waals surface area (Å²) in [6.07, 6.45) is 10.4. The van der Waals surface area contributed by atoms with E-state index in [1.54, 1.807) is 12.5 Å². The Morgan fingerprint density at radius 2 is 1.88 bits per heavy atom. The minimum Gasteiger partial charge on any atom is -0.312 e. The fraction of sp³-hybridized carbons (Fsp3) is 0.500. The van der Waals surface area contributed by atoms with E-state index in [1.165, 1.54) is 25.7 Å². The second-order valence-electron chi connectivity index (χ2n) is 3.82. The molecule has 0 unspecified atom stereocenters. The number of hydrogen-bond donors (Lipinski definition) is 0. The molecule has 2 heterocycles. The SMILES string of the molecule is Cl.Cl.c1ncc2ncn(C3CCCC3)c2n1. The van der Waals surface area contributed by atoms with Gasteiger partial charge in [0.1, 0.15) is 11.8 Å². The van der Waals surface area contributed by atoms with Crippen molar-refractivity contribution in [2.45, 2.75) is 31.7 Å². The third kappa shape index (κ3) is 2.13. The summed E-state index contributed by atoms with van der Waals surface area (Å²) in [4.78, 5) is 12.5. The van der Waals surface area contributed by atoms with Gasteiger partial charge in [0.25, 0.3) is 0 Å². The molecule has 16 heavy (non-hydrogen) atoms. The molecule has 0 saturated heterocycles. The molecule has 88 valence electrons. The van der Waals surface area contributed by atoms with Gasteiger partial charge in [-0.15, -0.1) is 24.8 Å². The van der Waals surface area contributed by atoms with Crippen LogP contribution in [0.4, 0.5) is 0 Å². The topological polar surface area (TPSA) is 43.6 Å². The Labute approximate surface area is 106 Å². The molecule has 0 aliphatic heterocycles. The van der Waals surface area contributed by atoms with E-state index >= 15 is 0 Å². The molecule has 6 heteroatoms. The van der Waals surface area contributed by atoms with E-state index in [-0.39, 0.29) is 24.8 Å². The predicted molar refractivity (Wildman–Crippen MR) is 67.3 cm³/mol. The second kappa shape index (κ2) is 5.46. The highest BCUT2D eigenvalue weighted by Crippen LogP contribution is 2.30. The number of aromatic nitrogens is 4. The maximum absolute atomic E-state index is 4.30. The maximum atomic E-state index is 4.30. The lowest BCUT2D eigenvalue weighted by molar-refractivity contribution is 0.529. The van der Waals surface area contributed by atoms with Crippen LogP contribution in [0, 0.1) is 0 Å². The fourth-order valence-electron chi connectivity index (χ4n) is 2.23. The quantitative estimate of drug-likeness (QED) is 0.792. The molecule has 3 rings (SSSR count). The molecule has 0 radical (unpaired) electrons. The summed E-state index contributed by atoms with van der Waals surface area (Å²) in [5.74, 6) is 0. The summed E-state index contributed by atoms with van der Waals surface area (Å²) in [5, 5.41) is 0. The highest BCUT2D eigenvalue weighted by atomic mass is 35.5. The molecule has 2 aromatic rings. The first-order chi connectivity index (χ1) is 6.95. The van der Waals surface area contributed by atoms with E-state index in [4.69, 9.17) is 0 Å². The van der Waals surface area contributed by atoms with Crippen LogP contribution in [0.2, 0.25) is 0 Å². The van der Waals surface area contributed by atoms with E-state index in [0.717, 1.165) is 11.2 Å². The smallest absolute Gasteiger partial charge is 0.163 e. The molecule has 1 fully saturated rings. The number of imidazole rings is 1. The molecule has 1 aliphatic rings. The van der Waals surface area contributed by atoms with Crippen LogP contribution < -0.4 is 0 Å². The van der Waals surface area contributed by atoms with Gasteiger partial charge in [0.05, 0.1) is 12.5 Å². The first kappa shape index (κ1) is 13.2. The van der Waals surface area contributed by atoms with Gasteiger partial charge in [0.15, 0.2) is 5.65 Å². The van der Waals surface area contributed by atoms with Crippen molar-refractivity contribution < 1.29 is 0 Å². The fourth-order valence-corrected chi connectivity index (χ4v) is 2.23. The van der Waals surface area contributed by atoms with Crippen molar-refractivity contribution in [1.82, 2.24) is 19.5 Å². The Balaban J connectivity index is 0.000000640. The van der Waals surface area contributed by atoms with Gasteiger partial charge >= 0.3 is 0 Å². The summed E-state index contributed by atoms with van der Waals surface area (Å²) in [6.45, 7) is 0. The zero-order valence-electron chi connectivity index (χ0n) is 8.74. The van der Waals surface area contributed by atoms with Crippen molar-refractivity contribution in [1.29, 1.82) is 0 Å². The maximum Gasteiger partial charge on any atom is 0.163 e. The molecule has 1 aliphatic carbocycles. The highest BCUT2D eigenvalue weighted by Gasteiger charge is 2.18. The van der Waals surface area contributed by atoms with Crippen molar-refractivity contribution in [3.8, 4) is 0 Å². The predicted octanol–water partition coefficient (Wildman–Crippen LogP) is 2.79. The molecular weight excluding hydrogens is 247 g/mol. The number of fused-ring (bicyclic) bond motifs is 1. The molecule has 4 nitrogen and oxygen atoms in total. The van der Waals surface area contributed by atoms with Gasteiger partial charge in [0.2, 0.25) is 0 Å². The van der Waals surface area contributed by atoms with Crippen molar-refractivity contribution >= 4 is 36.0 Å². The van der Waals surface area contributed by atoms with Gasteiger partial charge in [-0.2, -0.15) is 0 Å². The Morgan fingerprint density at radius 3 is 2.62 bits per heavy atom. The molecule has 2 aromatic heterocycles. The van der Waals surface area contributed by atoms with Crippen LogP contribution in [0.5, 0.6) is 0 Å². The number of nitrogens with zero attached hydrogens (tertiary/aromatic N) is 4. The van der Waals surface area contributed by atoms with E-state index in [9.17, 15) is 0 Å². The van der Waals surface area contributed by atoms with Gasteiger partial charge < -0.3 is 4.57 Å². The molecule has 0 atom stereocenters. The largest absolute Gasteiger partial charge is 0.312 e.